The van der Waals surface area contributed by atoms with E-state index >= 15 is 0 Å². The molecule has 119 heavy (non-hydrogen) atoms. The van der Waals surface area contributed by atoms with Gasteiger partial charge in [0.15, 0.2) is 0 Å². The summed E-state index contributed by atoms with van der Waals surface area (Å²) in [6.45, 7) is 40.1. The largest absolute Gasteiger partial charge is 0.353 e. The van der Waals surface area contributed by atoms with Crippen LogP contribution in [0.15, 0.2) is 334 Å². The molecular formula is C107H124N12. The number of hydrogen-bond donors (Lipinski definition) is 0. The zero-order chi connectivity index (χ0) is 84.3. The molecule has 0 aromatic heterocycles. The molecule has 12 nitrogen and oxygen atoms in total. The molecule has 12 aromatic rings. The number of nitrogens with zero attached hydrogens (tertiary/aromatic N) is 12. The van der Waals surface area contributed by atoms with E-state index in [1.807, 2.05) is 6.07 Å². The molecule has 0 radical (unpaired) electrons. The normalized spacial score (nSPS) is 17.8. The van der Waals surface area contributed by atoms with Crippen molar-refractivity contribution in [3.8, 4) is 0 Å². The van der Waals surface area contributed by atoms with Gasteiger partial charge in [0.05, 0.1) is 34.1 Å². The van der Waals surface area contributed by atoms with Gasteiger partial charge in [0, 0.05) is 109 Å². The van der Waals surface area contributed by atoms with E-state index in [1.165, 1.54) is 130 Å². The lowest BCUT2D eigenvalue weighted by Crippen LogP contribution is -2.39. The Kier molecular flexibility index (Phi) is 26.8. The fourth-order valence-electron chi connectivity index (χ4n) is 17.5. The van der Waals surface area contributed by atoms with Crippen LogP contribution in [-0.2, 0) is 0 Å². The second-order valence-corrected chi connectivity index (χ2v) is 32.9. The van der Waals surface area contributed by atoms with Gasteiger partial charge in [0.1, 0.15) is 37.0 Å². The van der Waals surface area contributed by atoms with E-state index < -0.39 is 0 Å². The Hall–Kier alpha value is -12.5. The third-order valence-electron chi connectivity index (χ3n) is 24.3. The summed E-state index contributed by atoms with van der Waals surface area (Å²) in [5, 5.41) is 0. The van der Waals surface area contributed by atoms with Gasteiger partial charge >= 0.3 is 0 Å². The van der Waals surface area contributed by atoms with Crippen molar-refractivity contribution in [1.82, 2.24) is 4.90 Å². The fraction of sp³-hybridized carbons (Fsp3) is 0.271. The Bertz CT molecular complexity index is 5330. The molecule has 612 valence electrons. The van der Waals surface area contributed by atoms with Crippen LogP contribution in [0.1, 0.15) is 139 Å². The van der Waals surface area contributed by atoms with E-state index in [0.29, 0.717) is 42.5 Å². The van der Waals surface area contributed by atoms with E-state index in [-0.39, 0.29) is 12.3 Å². The molecule has 0 amide bonds. The number of hydrogen-bond acceptors (Lipinski definition) is 12. The molecule has 0 aliphatic carbocycles. The van der Waals surface area contributed by atoms with E-state index in [4.69, 9.17) is 0 Å². The highest BCUT2D eigenvalue weighted by molar-refractivity contribution is 5.90. The van der Waals surface area contributed by atoms with Crippen molar-refractivity contribution in [1.29, 1.82) is 0 Å². The maximum atomic E-state index is 2.44. The molecule has 6 atom stereocenters. The summed E-state index contributed by atoms with van der Waals surface area (Å²) in [5.41, 5.74) is 29.9. The Morgan fingerprint density at radius 1 is 0.210 bits per heavy atom. The van der Waals surface area contributed by atoms with E-state index in [9.17, 15) is 0 Å². The number of para-hydroxylation sites is 15. The van der Waals surface area contributed by atoms with E-state index in [1.54, 1.807) is 0 Å². The Morgan fingerprint density at radius 2 is 0.471 bits per heavy atom. The fourth-order valence-corrected chi connectivity index (χ4v) is 17.5. The first kappa shape index (κ1) is 84.4. The third kappa shape index (κ3) is 17.9. The molecule has 0 bridgehead atoms. The molecule has 6 heterocycles. The smallest absolute Gasteiger partial charge is 0.108 e. The summed E-state index contributed by atoms with van der Waals surface area (Å²) in [7, 11) is 4.31. The van der Waals surface area contributed by atoms with Crippen LogP contribution >= 0.6 is 0 Å². The van der Waals surface area contributed by atoms with Gasteiger partial charge in [-0.2, -0.15) is 0 Å². The first-order chi connectivity index (χ1) is 57.5. The highest BCUT2D eigenvalue weighted by atomic mass is 15.4. The van der Waals surface area contributed by atoms with Crippen LogP contribution < -0.4 is 53.9 Å². The maximum Gasteiger partial charge on any atom is 0.108 e. The van der Waals surface area contributed by atoms with Gasteiger partial charge < -0.3 is 58.8 Å². The number of fused-ring (bicyclic) bond motifs is 3. The molecule has 0 spiro atoms. The first-order valence-electron chi connectivity index (χ1n) is 42.7. The van der Waals surface area contributed by atoms with Crippen LogP contribution in [0, 0.1) is 41.5 Å². The minimum atomic E-state index is 0.232. The van der Waals surface area contributed by atoms with Gasteiger partial charge in [-0.15, -0.1) is 0 Å². The average Bonchev–Trinajstić information content (AvgIpc) is 1.61. The van der Waals surface area contributed by atoms with Crippen molar-refractivity contribution in [2.45, 2.75) is 179 Å². The molecule has 0 N–H and O–H groups in total. The predicted molar refractivity (Wildman–Crippen MR) is 513 cm³/mol. The van der Waals surface area contributed by atoms with Crippen LogP contribution in [0.2, 0.25) is 0 Å². The number of anilines is 15. The Balaban J connectivity index is 0.000000124. The average molecular weight is 1580 g/mol. The molecule has 12 aromatic carbocycles. The molecule has 0 fully saturated rings. The third-order valence-corrected chi connectivity index (χ3v) is 24.3. The van der Waals surface area contributed by atoms with Crippen LogP contribution in [0.4, 0.5) is 85.3 Å². The second kappa shape index (κ2) is 37.8. The lowest BCUT2D eigenvalue weighted by Gasteiger charge is -2.34. The van der Waals surface area contributed by atoms with Crippen molar-refractivity contribution in [3.63, 3.8) is 0 Å². The summed E-state index contributed by atoms with van der Waals surface area (Å²) in [4.78, 5) is 28.4. The van der Waals surface area contributed by atoms with Gasteiger partial charge in [0.25, 0.3) is 0 Å². The summed E-state index contributed by atoms with van der Waals surface area (Å²) in [6, 6.07) is 106. The summed E-state index contributed by atoms with van der Waals surface area (Å²) in [6.07, 6.45) is 15.0. The minimum Gasteiger partial charge on any atom is -0.353 e. The van der Waals surface area contributed by atoms with Crippen molar-refractivity contribution < 1.29 is 0 Å². The number of aryl methyl sites for hydroxylation is 6. The minimum absolute atomic E-state index is 0.232. The van der Waals surface area contributed by atoms with Gasteiger partial charge in [-0.3, -0.25) is 0 Å². The van der Waals surface area contributed by atoms with Crippen LogP contribution in [0.3, 0.4) is 0 Å². The zero-order valence-electron chi connectivity index (χ0n) is 73.8. The number of rotatable bonds is 12. The predicted octanol–water partition coefficient (Wildman–Crippen LogP) is 27.4. The lowest BCUT2D eigenvalue weighted by atomic mass is 9.92. The van der Waals surface area contributed by atoms with E-state index in [2.05, 4.69) is 526 Å². The molecule has 6 aliphatic heterocycles. The molecule has 18 rings (SSSR count). The number of benzene rings is 12. The highest BCUT2D eigenvalue weighted by Gasteiger charge is 2.37. The van der Waals surface area contributed by atoms with Gasteiger partial charge in [0.2, 0.25) is 0 Å². The van der Waals surface area contributed by atoms with Crippen LogP contribution in [0.25, 0.3) is 0 Å². The quantitative estimate of drug-likeness (QED) is 0.117. The van der Waals surface area contributed by atoms with Crippen LogP contribution in [0.5, 0.6) is 0 Å². The Morgan fingerprint density at radius 3 is 0.815 bits per heavy atom. The first-order valence-corrected chi connectivity index (χ1v) is 42.7. The maximum absolute atomic E-state index is 2.44. The van der Waals surface area contributed by atoms with Crippen LogP contribution in [-0.4, -0.2) is 62.0 Å². The van der Waals surface area contributed by atoms with Gasteiger partial charge in [-0.05, 0) is 250 Å². The standard InChI is InChI=1S/C23H30N2.C21H20N2.C17H18N2.2C16H18N2.C14H20N2/c1-16(2)20-11-9-12-21(17(3)4)23(20)25-15-14-24(19(25)6)22-13-8-7-10-18(22)5;1-16-10-6-7-13-19(16)23-17(2)22(18-11-4-3-5-12-18)20-14-8-9-15-21(20)23;1-14-8-6-7-11-17(14)19-13-12-18(15(19)2)16-9-4-3-5-10-16;2*1-12-8-4-5-9-14(12)18-13(2)17(3)15-10-6-7-11-16(15)18;1-11(2)15-9-10-16(13(15)4)14-8-6-5-7-12(14)3/h7-17,19H,1-6H3;3-15,17H,1-2H3;3-13,15H,1-2H3;2*4-11,13H,1-3H3;5-11,13H,1-4H3/t19-;17-;15-;3*13-/m011111/s1. The highest BCUT2D eigenvalue weighted by Crippen LogP contribution is 2.50. The summed E-state index contributed by atoms with van der Waals surface area (Å²) < 4.78 is 0. The van der Waals surface area contributed by atoms with Crippen molar-refractivity contribution in [2.24, 2.45) is 0 Å². The van der Waals surface area contributed by atoms with Crippen molar-refractivity contribution in [2.75, 3.05) is 68.0 Å². The van der Waals surface area contributed by atoms with Crippen molar-refractivity contribution in [3.05, 3.63) is 379 Å². The SMILES string of the molecule is Cc1ccccc1N1C=CN(C(C)C)[C@H]1C.Cc1ccccc1N1C=CN(c2c(C(C)C)cccc2C(C)C)[C@H]1C.Cc1ccccc1N1C=CN(c2ccccc2)[C@H]1C.Cc1ccccc1N1c2ccccc2N(C)[C@H]1C.Cc1ccccc1N1c2ccccc2N(C)[C@H]1C.Cc1ccccc1N1c2ccccc2N(c2ccccc2)[C@H]1C. The molecule has 12 heteroatoms. The van der Waals surface area contributed by atoms with Gasteiger partial charge in [-0.1, -0.05) is 228 Å². The molecule has 0 saturated heterocycles. The van der Waals surface area contributed by atoms with Crippen molar-refractivity contribution >= 4 is 85.3 Å². The topological polar surface area (TPSA) is 38.9 Å². The van der Waals surface area contributed by atoms with E-state index in [0.717, 1.165) is 0 Å². The summed E-state index contributed by atoms with van der Waals surface area (Å²) >= 11 is 0. The zero-order valence-corrected chi connectivity index (χ0v) is 73.8. The molecule has 0 saturated carbocycles. The lowest BCUT2D eigenvalue weighted by molar-refractivity contribution is 0.263. The monoisotopic (exact) mass is 1580 g/mol. The molecular weight excluding hydrogens is 1450 g/mol. The van der Waals surface area contributed by atoms with Gasteiger partial charge in [-0.25, -0.2) is 0 Å². The summed E-state index contributed by atoms with van der Waals surface area (Å²) in [5.74, 6) is 1.00. The second-order valence-electron chi connectivity index (χ2n) is 32.9. The molecule has 0 unspecified atom stereocenters. The molecule has 6 aliphatic rings. The Labute approximate surface area is 712 Å².